The zero-order valence-corrected chi connectivity index (χ0v) is 11.0. The second kappa shape index (κ2) is 7.55. The third-order valence-electron chi connectivity index (χ3n) is 2.39. The summed E-state index contributed by atoms with van der Waals surface area (Å²) in [6, 6.07) is 6.93. The zero-order chi connectivity index (χ0) is 12.8. The van der Waals surface area contributed by atoms with Crippen LogP contribution in [0.1, 0.15) is 5.56 Å². The Morgan fingerprint density at radius 3 is 1.94 bits per heavy atom. The Kier molecular flexibility index (Phi) is 6.82. The van der Waals surface area contributed by atoms with Crippen LogP contribution in [-0.2, 0) is 25.5 Å². The third kappa shape index (κ3) is 4.25. The number of nitrogen functional groups attached to an aromatic ring is 1. The highest BCUT2D eigenvalue weighted by Gasteiger charge is 2.28. The van der Waals surface area contributed by atoms with Crippen molar-refractivity contribution in [1.29, 1.82) is 0 Å². The van der Waals surface area contributed by atoms with Crippen LogP contribution in [0.2, 0.25) is 0 Å². The van der Waals surface area contributed by atoms with Gasteiger partial charge in [0, 0.05) is 5.69 Å². The van der Waals surface area contributed by atoms with E-state index < -0.39 is 17.9 Å². The molecule has 0 aliphatic rings. The lowest BCUT2D eigenvalue weighted by atomic mass is 9.99. The van der Waals surface area contributed by atoms with Crippen molar-refractivity contribution < 1.29 is 19.1 Å². The lowest BCUT2D eigenvalue weighted by Gasteiger charge is -2.12. The van der Waals surface area contributed by atoms with Crippen molar-refractivity contribution in [3.05, 3.63) is 29.8 Å². The first-order valence-electron chi connectivity index (χ1n) is 5.08. The van der Waals surface area contributed by atoms with Gasteiger partial charge in [0.15, 0.2) is 5.92 Å². The van der Waals surface area contributed by atoms with Gasteiger partial charge in [0.25, 0.3) is 0 Å². The van der Waals surface area contributed by atoms with Gasteiger partial charge in [-0.3, -0.25) is 9.59 Å². The first kappa shape index (κ1) is 16.2. The molecule has 0 atom stereocenters. The largest absolute Gasteiger partial charge is 0.468 e. The number of carbonyl (C=O) groups is 2. The third-order valence-corrected chi connectivity index (χ3v) is 2.39. The summed E-state index contributed by atoms with van der Waals surface area (Å²) in [4.78, 5) is 22.9. The van der Waals surface area contributed by atoms with Crippen molar-refractivity contribution in [3.63, 3.8) is 0 Å². The molecule has 2 N–H and O–H groups in total. The van der Waals surface area contributed by atoms with Crippen LogP contribution >= 0.6 is 12.4 Å². The second-order valence-electron chi connectivity index (χ2n) is 3.54. The predicted octanol–water partition coefficient (Wildman–Crippen LogP) is 1.20. The molecule has 18 heavy (non-hydrogen) atoms. The van der Waals surface area contributed by atoms with E-state index in [0.29, 0.717) is 5.69 Å². The second-order valence-corrected chi connectivity index (χ2v) is 3.54. The molecule has 1 aromatic rings. The van der Waals surface area contributed by atoms with Crippen LogP contribution in [0.15, 0.2) is 24.3 Å². The number of ether oxygens (including phenoxy) is 2. The Hall–Kier alpha value is -1.75. The number of halogens is 1. The van der Waals surface area contributed by atoms with Gasteiger partial charge in [0.2, 0.25) is 0 Å². The first-order valence-corrected chi connectivity index (χ1v) is 5.08. The van der Waals surface area contributed by atoms with Gasteiger partial charge >= 0.3 is 11.9 Å². The molecule has 0 saturated carbocycles. The fraction of sp³-hybridized carbons (Fsp3) is 0.333. The van der Waals surface area contributed by atoms with Crippen molar-refractivity contribution >= 4 is 30.0 Å². The summed E-state index contributed by atoms with van der Waals surface area (Å²) in [7, 11) is 2.47. The average Bonchev–Trinajstić information content (AvgIpc) is 2.36. The minimum atomic E-state index is -0.936. The van der Waals surface area contributed by atoms with E-state index in [-0.39, 0.29) is 18.8 Å². The zero-order valence-electron chi connectivity index (χ0n) is 10.2. The van der Waals surface area contributed by atoms with E-state index in [1.54, 1.807) is 24.3 Å². The van der Waals surface area contributed by atoms with Crippen molar-refractivity contribution in [1.82, 2.24) is 0 Å². The molecule has 100 valence electrons. The molecule has 0 amide bonds. The maximum Gasteiger partial charge on any atom is 0.320 e. The molecule has 0 heterocycles. The molecule has 1 aromatic carbocycles. The van der Waals surface area contributed by atoms with Gasteiger partial charge in [0.05, 0.1) is 14.2 Å². The molecule has 0 radical (unpaired) electrons. The smallest absolute Gasteiger partial charge is 0.320 e. The Bertz CT molecular complexity index is 389. The highest BCUT2D eigenvalue weighted by atomic mass is 35.5. The van der Waals surface area contributed by atoms with Crippen LogP contribution in [0.4, 0.5) is 5.69 Å². The lowest BCUT2D eigenvalue weighted by Crippen LogP contribution is -2.28. The quantitative estimate of drug-likeness (QED) is 0.506. The van der Waals surface area contributed by atoms with Crippen LogP contribution in [0, 0.1) is 5.92 Å². The molecule has 0 bridgehead atoms. The van der Waals surface area contributed by atoms with Gasteiger partial charge < -0.3 is 15.2 Å². The number of esters is 2. The van der Waals surface area contributed by atoms with Gasteiger partial charge in [-0.25, -0.2) is 0 Å². The molecular weight excluding hydrogens is 258 g/mol. The number of benzene rings is 1. The van der Waals surface area contributed by atoms with E-state index in [2.05, 4.69) is 9.47 Å². The van der Waals surface area contributed by atoms with Crippen molar-refractivity contribution in [2.24, 2.45) is 5.92 Å². The molecule has 0 aromatic heterocycles. The normalized spacial score (nSPS) is 9.50. The predicted molar refractivity (Wildman–Crippen MR) is 69.3 cm³/mol. The Morgan fingerprint density at radius 1 is 1.11 bits per heavy atom. The minimum absolute atomic E-state index is 0. The van der Waals surface area contributed by atoms with E-state index in [4.69, 9.17) is 5.73 Å². The molecule has 0 spiro atoms. The van der Waals surface area contributed by atoms with E-state index >= 15 is 0 Å². The monoisotopic (exact) mass is 273 g/mol. The first-order chi connectivity index (χ1) is 8.08. The summed E-state index contributed by atoms with van der Waals surface area (Å²) < 4.78 is 9.13. The van der Waals surface area contributed by atoms with Crippen LogP contribution in [0.3, 0.4) is 0 Å². The number of hydrogen-bond donors (Lipinski definition) is 1. The lowest BCUT2D eigenvalue weighted by molar-refractivity contribution is -0.158. The number of carbonyl (C=O) groups excluding carboxylic acids is 2. The molecule has 1 rings (SSSR count). The molecule has 0 saturated heterocycles. The van der Waals surface area contributed by atoms with Crippen molar-refractivity contribution in [2.75, 3.05) is 20.0 Å². The van der Waals surface area contributed by atoms with Crippen LogP contribution < -0.4 is 5.73 Å². The summed E-state index contributed by atoms with van der Waals surface area (Å²) in [5.74, 6) is -2.14. The molecule has 0 fully saturated rings. The Balaban J connectivity index is 0.00000289. The Labute approximate surface area is 112 Å². The number of methoxy groups -OCH3 is 2. The fourth-order valence-corrected chi connectivity index (χ4v) is 1.44. The number of rotatable bonds is 4. The highest BCUT2D eigenvalue weighted by Crippen LogP contribution is 2.14. The molecule has 0 aliphatic carbocycles. The minimum Gasteiger partial charge on any atom is -0.468 e. The average molecular weight is 274 g/mol. The molecule has 6 heteroatoms. The molecule has 5 nitrogen and oxygen atoms in total. The maximum atomic E-state index is 11.4. The molecule has 0 unspecified atom stereocenters. The summed E-state index contributed by atoms with van der Waals surface area (Å²) in [6.45, 7) is 0. The summed E-state index contributed by atoms with van der Waals surface area (Å²) in [5, 5.41) is 0. The van der Waals surface area contributed by atoms with Gasteiger partial charge in [0.1, 0.15) is 0 Å². The van der Waals surface area contributed by atoms with Crippen molar-refractivity contribution in [3.8, 4) is 0 Å². The van der Waals surface area contributed by atoms with Gasteiger partial charge in [-0.1, -0.05) is 12.1 Å². The molecular formula is C12H16ClNO4. The topological polar surface area (TPSA) is 78.6 Å². The van der Waals surface area contributed by atoms with E-state index in [9.17, 15) is 9.59 Å². The van der Waals surface area contributed by atoms with Crippen LogP contribution in [0.5, 0.6) is 0 Å². The van der Waals surface area contributed by atoms with Crippen molar-refractivity contribution in [2.45, 2.75) is 6.42 Å². The summed E-state index contributed by atoms with van der Waals surface area (Å²) in [5.41, 5.74) is 6.99. The van der Waals surface area contributed by atoms with Crippen LogP contribution in [-0.4, -0.2) is 26.2 Å². The Morgan fingerprint density at radius 2 is 1.56 bits per heavy atom. The van der Waals surface area contributed by atoms with Gasteiger partial charge in [-0.15, -0.1) is 12.4 Å². The summed E-state index contributed by atoms with van der Waals surface area (Å²) >= 11 is 0. The molecule has 0 aliphatic heterocycles. The number of hydrogen-bond acceptors (Lipinski definition) is 5. The highest BCUT2D eigenvalue weighted by molar-refractivity contribution is 5.95. The number of nitrogens with two attached hydrogens (primary N) is 1. The van der Waals surface area contributed by atoms with Gasteiger partial charge in [-0.05, 0) is 24.1 Å². The fourth-order valence-electron chi connectivity index (χ4n) is 1.44. The van der Waals surface area contributed by atoms with E-state index in [0.717, 1.165) is 5.56 Å². The summed E-state index contributed by atoms with van der Waals surface area (Å²) in [6.07, 6.45) is 0.236. The SMILES string of the molecule is COC(=O)C(Cc1ccc(N)cc1)C(=O)OC.Cl. The van der Waals surface area contributed by atoms with Gasteiger partial charge in [-0.2, -0.15) is 0 Å². The number of anilines is 1. The van der Waals surface area contributed by atoms with E-state index in [1.165, 1.54) is 14.2 Å². The van der Waals surface area contributed by atoms with E-state index in [1.807, 2.05) is 0 Å². The van der Waals surface area contributed by atoms with Crippen LogP contribution in [0.25, 0.3) is 0 Å². The standard InChI is InChI=1S/C12H15NO4.ClH/c1-16-11(14)10(12(15)17-2)7-8-3-5-9(13)6-4-8;/h3-6,10H,7,13H2,1-2H3;1H. The maximum absolute atomic E-state index is 11.4.